The standard InChI is InChI=1S/C23H20/c1-17(2)9-10-18(3)21-16-14-20-13-11-19-7-5-4-6-8-22(20)23(21)15-12-19/h4-16H,1,3H2,2H3/b5-4?,6-4?,7-5?,8-6?,10-9-,13-11?,15-12?,19-7?,19-11?,19-12?,20-13?,22-8?,23-15?. The molecule has 0 saturated heterocycles. The van der Waals surface area contributed by atoms with Crippen molar-refractivity contribution in [1.82, 2.24) is 0 Å². The van der Waals surface area contributed by atoms with Crippen LogP contribution in [-0.4, -0.2) is 0 Å². The molecule has 4 bridgehead atoms. The third-order valence-electron chi connectivity index (χ3n) is 3.91. The fourth-order valence-electron chi connectivity index (χ4n) is 2.69. The van der Waals surface area contributed by atoms with Crippen LogP contribution in [0.3, 0.4) is 0 Å². The Balaban J connectivity index is 2.35. The Bertz CT molecular complexity index is 956. The minimum atomic E-state index is 0.997. The van der Waals surface area contributed by atoms with E-state index in [-0.39, 0.29) is 0 Å². The van der Waals surface area contributed by atoms with E-state index in [1.54, 1.807) is 0 Å². The summed E-state index contributed by atoms with van der Waals surface area (Å²) in [5.41, 5.74) is 3.17. The van der Waals surface area contributed by atoms with Crippen molar-refractivity contribution in [2.45, 2.75) is 6.92 Å². The van der Waals surface area contributed by atoms with E-state index in [2.05, 4.69) is 79.9 Å². The van der Waals surface area contributed by atoms with Gasteiger partial charge in [-0.2, -0.15) is 0 Å². The van der Waals surface area contributed by atoms with Crippen LogP contribution in [0.25, 0.3) is 27.1 Å². The first-order valence-electron chi connectivity index (χ1n) is 7.76. The van der Waals surface area contributed by atoms with Crippen molar-refractivity contribution in [2.24, 2.45) is 0 Å². The van der Waals surface area contributed by atoms with Crippen molar-refractivity contribution in [1.29, 1.82) is 0 Å². The van der Waals surface area contributed by atoms with Gasteiger partial charge in [0.1, 0.15) is 0 Å². The molecule has 0 amide bonds. The van der Waals surface area contributed by atoms with Crippen molar-refractivity contribution in [3.05, 3.63) is 103 Å². The van der Waals surface area contributed by atoms with Crippen molar-refractivity contribution in [2.75, 3.05) is 0 Å². The van der Waals surface area contributed by atoms with E-state index >= 15 is 0 Å². The predicted octanol–water partition coefficient (Wildman–Crippen LogP) is 6.70. The smallest absolute Gasteiger partial charge is 0.00994 e. The van der Waals surface area contributed by atoms with Crippen LogP contribution in [0.2, 0.25) is 0 Å². The molecule has 112 valence electrons. The first kappa shape index (κ1) is 15.1. The monoisotopic (exact) mass is 296 g/mol. The van der Waals surface area contributed by atoms with Crippen LogP contribution in [0, 0.1) is 0 Å². The normalized spacial score (nSPS) is 11.0. The molecule has 4 aromatic carbocycles. The van der Waals surface area contributed by atoms with Crippen LogP contribution in [0.4, 0.5) is 0 Å². The van der Waals surface area contributed by atoms with E-state index in [0.29, 0.717) is 0 Å². The maximum atomic E-state index is 4.24. The molecule has 4 rings (SSSR count). The lowest BCUT2D eigenvalue weighted by molar-refractivity contribution is 1.56. The van der Waals surface area contributed by atoms with Gasteiger partial charge in [-0.1, -0.05) is 97.6 Å². The van der Waals surface area contributed by atoms with Crippen LogP contribution in [0.15, 0.2) is 97.6 Å². The Morgan fingerprint density at radius 3 is 2.30 bits per heavy atom. The first-order valence-corrected chi connectivity index (χ1v) is 7.76. The zero-order valence-electron chi connectivity index (χ0n) is 13.4. The molecule has 0 heterocycles. The fourth-order valence-corrected chi connectivity index (χ4v) is 2.69. The summed E-state index contributed by atoms with van der Waals surface area (Å²) in [5.74, 6) is 0. The molecule has 0 radical (unpaired) electrons. The maximum Gasteiger partial charge on any atom is -0.00994 e. The molecule has 0 aliphatic carbocycles. The fraction of sp³-hybridized carbons (Fsp3) is 0.0435. The average molecular weight is 296 g/mol. The highest BCUT2D eigenvalue weighted by Crippen LogP contribution is 2.28. The minimum Gasteiger partial charge on any atom is -0.0961 e. The van der Waals surface area contributed by atoms with E-state index in [1.807, 2.05) is 19.1 Å². The summed E-state index contributed by atoms with van der Waals surface area (Å²) in [6.07, 6.45) is 4.04. The Labute approximate surface area is 137 Å². The molecule has 0 aliphatic rings. The number of hydrogen-bond donors (Lipinski definition) is 0. The third kappa shape index (κ3) is 3.32. The summed E-state index contributed by atoms with van der Waals surface area (Å²) in [5, 5.41) is 4.84. The Morgan fingerprint density at radius 1 is 0.739 bits per heavy atom. The second-order valence-electron chi connectivity index (χ2n) is 5.81. The highest BCUT2D eigenvalue weighted by atomic mass is 14.1. The molecule has 0 N–H and O–H groups in total. The highest BCUT2D eigenvalue weighted by Gasteiger charge is 2.03. The molecule has 0 atom stereocenters. The number of rotatable bonds is 3. The van der Waals surface area contributed by atoms with Crippen molar-refractivity contribution in [3.8, 4) is 0 Å². The average Bonchev–Trinajstić information content (AvgIpc) is 2.55. The summed E-state index contributed by atoms with van der Waals surface area (Å²) in [7, 11) is 0. The molecule has 0 aromatic heterocycles. The summed E-state index contributed by atoms with van der Waals surface area (Å²) >= 11 is 0. The van der Waals surface area contributed by atoms with Crippen LogP contribution >= 0.6 is 0 Å². The van der Waals surface area contributed by atoms with Gasteiger partial charge in [0, 0.05) is 0 Å². The zero-order chi connectivity index (χ0) is 16.2. The van der Waals surface area contributed by atoms with Crippen molar-refractivity contribution >= 4 is 27.1 Å². The van der Waals surface area contributed by atoms with Gasteiger partial charge in [-0.3, -0.25) is 0 Å². The van der Waals surface area contributed by atoms with Gasteiger partial charge in [0.05, 0.1) is 0 Å². The number of hydrogen-bond acceptors (Lipinski definition) is 0. The number of allylic oxidation sites excluding steroid dienone is 4. The lowest BCUT2D eigenvalue weighted by Gasteiger charge is -2.08. The van der Waals surface area contributed by atoms with Gasteiger partial charge in [0.2, 0.25) is 0 Å². The van der Waals surface area contributed by atoms with Gasteiger partial charge < -0.3 is 0 Å². The summed E-state index contributed by atoms with van der Waals surface area (Å²) < 4.78 is 0. The summed E-state index contributed by atoms with van der Waals surface area (Å²) in [6.45, 7) is 10.1. The van der Waals surface area contributed by atoms with E-state index < -0.39 is 0 Å². The zero-order valence-corrected chi connectivity index (χ0v) is 13.4. The van der Waals surface area contributed by atoms with E-state index in [4.69, 9.17) is 0 Å². The summed E-state index contributed by atoms with van der Waals surface area (Å²) in [6, 6.07) is 23.5. The van der Waals surface area contributed by atoms with Crippen LogP contribution in [0.5, 0.6) is 0 Å². The molecule has 4 aromatic rings. The quantitative estimate of drug-likeness (QED) is 0.472. The van der Waals surface area contributed by atoms with Crippen molar-refractivity contribution in [3.63, 3.8) is 0 Å². The SMILES string of the molecule is C=C(C)/C=C\C(=C)c1ccc2ccc3cccccc2c1cc3. The van der Waals surface area contributed by atoms with Crippen molar-refractivity contribution < 1.29 is 0 Å². The first-order chi connectivity index (χ1) is 11.1. The lowest BCUT2D eigenvalue weighted by Crippen LogP contribution is -1.84. The van der Waals surface area contributed by atoms with Gasteiger partial charge in [-0.15, -0.1) is 0 Å². The van der Waals surface area contributed by atoms with Gasteiger partial charge in [0.25, 0.3) is 0 Å². The largest absolute Gasteiger partial charge is 0.0961 e. The van der Waals surface area contributed by atoms with Gasteiger partial charge in [-0.05, 0) is 39.6 Å². The summed E-state index contributed by atoms with van der Waals surface area (Å²) in [4.78, 5) is 0. The van der Waals surface area contributed by atoms with Crippen LogP contribution in [-0.2, 0) is 0 Å². The second-order valence-corrected chi connectivity index (χ2v) is 5.81. The van der Waals surface area contributed by atoms with Gasteiger partial charge in [0.15, 0.2) is 0 Å². The minimum absolute atomic E-state index is 0.997. The molecular formula is C23H20. The molecule has 23 heavy (non-hydrogen) atoms. The Kier molecular flexibility index (Phi) is 4.25. The molecule has 0 fully saturated rings. The number of benzene rings is 1. The topological polar surface area (TPSA) is 0 Å². The Hall–Kier alpha value is -2.86. The predicted molar refractivity (Wildman–Crippen MR) is 103 cm³/mol. The second kappa shape index (κ2) is 6.50. The lowest BCUT2D eigenvalue weighted by atomic mass is 9.96. The molecular weight excluding hydrogens is 276 g/mol. The molecule has 0 nitrogen and oxygen atoms in total. The van der Waals surface area contributed by atoms with Crippen LogP contribution < -0.4 is 0 Å². The molecule has 0 saturated carbocycles. The van der Waals surface area contributed by atoms with E-state index in [1.165, 1.54) is 21.5 Å². The third-order valence-corrected chi connectivity index (χ3v) is 3.91. The van der Waals surface area contributed by atoms with E-state index in [9.17, 15) is 0 Å². The van der Waals surface area contributed by atoms with Gasteiger partial charge in [-0.25, -0.2) is 0 Å². The molecule has 0 heteroatoms. The maximum absolute atomic E-state index is 4.24. The molecule has 0 spiro atoms. The van der Waals surface area contributed by atoms with Crippen LogP contribution in [0.1, 0.15) is 12.5 Å². The number of fused-ring (bicyclic) bond motifs is 6. The molecule has 0 aliphatic heterocycles. The molecule has 0 unspecified atom stereocenters. The van der Waals surface area contributed by atoms with E-state index in [0.717, 1.165) is 16.7 Å². The van der Waals surface area contributed by atoms with Gasteiger partial charge >= 0.3 is 0 Å². The Morgan fingerprint density at radius 2 is 1.48 bits per heavy atom. The highest BCUT2D eigenvalue weighted by molar-refractivity contribution is 6.04.